The second-order valence-corrected chi connectivity index (χ2v) is 9.29. The van der Waals surface area contributed by atoms with Crippen molar-refractivity contribution in [1.82, 2.24) is 14.9 Å². The van der Waals surface area contributed by atoms with E-state index in [1.807, 2.05) is 0 Å². The topological polar surface area (TPSA) is 84.4 Å². The zero-order chi connectivity index (χ0) is 26.1. The normalized spacial score (nSPS) is 18.4. The third kappa shape index (κ3) is 5.88. The first-order valence-corrected chi connectivity index (χ1v) is 11.8. The zero-order valence-corrected chi connectivity index (χ0v) is 20.3. The van der Waals surface area contributed by atoms with Gasteiger partial charge in [-0.15, -0.1) is 11.3 Å². The summed E-state index contributed by atoms with van der Waals surface area (Å²) in [5, 5.41) is 2.20. The lowest BCUT2D eigenvalue weighted by molar-refractivity contribution is -0.142. The molecule has 0 radical (unpaired) electrons. The number of nitrogens with one attached hydrogen (secondary N) is 1. The smallest absolute Gasteiger partial charge is 0.408 e. The highest BCUT2D eigenvalue weighted by Gasteiger charge is 2.46. The van der Waals surface area contributed by atoms with E-state index in [1.54, 1.807) is 13.8 Å². The fourth-order valence-electron chi connectivity index (χ4n) is 3.81. The Balaban J connectivity index is 2.02. The number of rotatable bonds is 7. The van der Waals surface area contributed by atoms with Crippen molar-refractivity contribution in [2.75, 3.05) is 18.5 Å². The molecular weight excluding hydrogens is 495 g/mol. The maximum Gasteiger partial charge on any atom is 0.408 e. The van der Waals surface area contributed by atoms with Crippen LogP contribution in [0.1, 0.15) is 59.5 Å². The third-order valence-corrected chi connectivity index (χ3v) is 6.62. The Hall–Kier alpha value is -2.83. The summed E-state index contributed by atoms with van der Waals surface area (Å²) in [6.07, 6.45) is -3.91. The van der Waals surface area contributed by atoms with Gasteiger partial charge in [0.2, 0.25) is 5.01 Å². The number of hydrogen-bond donors (Lipinski definition) is 1. The van der Waals surface area contributed by atoms with E-state index in [9.17, 15) is 31.5 Å². The van der Waals surface area contributed by atoms with E-state index >= 15 is 0 Å². The molecule has 1 aliphatic heterocycles. The number of aryl methyl sites for hydroxylation is 1. The van der Waals surface area contributed by atoms with Gasteiger partial charge in [-0.2, -0.15) is 13.2 Å². The Bertz CT molecular complexity index is 1110. The highest BCUT2D eigenvalue weighted by Crippen LogP contribution is 2.38. The number of likely N-dealkylation sites (tertiary alicyclic amines) is 1. The van der Waals surface area contributed by atoms with Crippen LogP contribution in [0.3, 0.4) is 0 Å². The molecule has 0 aliphatic carbocycles. The van der Waals surface area contributed by atoms with Crippen LogP contribution < -0.4 is 5.32 Å². The van der Waals surface area contributed by atoms with Gasteiger partial charge in [0.15, 0.2) is 0 Å². The lowest BCUT2D eigenvalue weighted by Crippen LogP contribution is -2.36. The summed E-state index contributed by atoms with van der Waals surface area (Å²) < 4.78 is 72.2. The van der Waals surface area contributed by atoms with Crippen LogP contribution in [-0.2, 0) is 4.74 Å². The van der Waals surface area contributed by atoms with E-state index in [0.717, 1.165) is 16.2 Å². The lowest BCUT2D eigenvalue weighted by Gasteiger charge is -2.21. The summed E-state index contributed by atoms with van der Waals surface area (Å²) in [5.74, 6) is -4.63. The van der Waals surface area contributed by atoms with Gasteiger partial charge < -0.3 is 15.0 Å². The summed E-state index contributed by atoms with van der Waals surface area (Å²) in [6, 6.07) is -1.17. The molecule has 3 heterocycles. The van der Waals surface area contributed by atoms with E-state index < -0.39 is 49.0 Å². The van der Waals surface area contributed by atoms with E-state index in [2.05, 4.69) is 15.3 Å². The average molecular weight is 521 g/mol. The molecule has 0 aromatic carbocycles. The number of alkyl halides is 5. The van der Waals surface area contributed by atoms with Crippen LogP contribution >= 0.6 is 11.3 Å². The monoisotopic (exact) mass is 520 g/mol. The number of carbonyl (C=O) groups excluding carboxylic acids is 2. The van der Waals surface area contributed by atoms with E-state index in [4.69, 9.17) is 4.74 Å². The minimum Gasteiger partial charge on any atom is -0.461 e. The van der Waals surface area contributed by atoms with Crippen LogP contribution in [0.2, 0.25) is 0 Å². The number of anilines is 1. The fraction of sp³-hybridized carbons (Fsp3) is 0.545. The summed E-state index contributed by atoms with van der Waals surface area (Å²) in [4.78, 5) is 34.9. The first-order chi connectivity index (χ1) is 16.3. The SMILES string of the molecule is CCOC(=O)c1nc(C(=O)N2CC(F)(F)C[C@@H]2C)c(-c2cnc(N[C@@H](CC)C(F)(F)F)cc2C)s1. The number of nitrogens with zero attached hydrogens (tertiary/aromatic N) is 3. The Morgan fingerprint density at radius 1 is 1.34 bits per heavy atom. The highest BCUT2D eigenvalue weighted by atomic mass is 32.1. The van der Waals surface area contributed by atoms with Gasteiger partial charge in [0.05, 0.1) is 18.0 Å². The number of esters is 1. The zero-order valence-electron chi connectivity index (χ0n) is 19.5. The molecule has 1 aliphatic rings. The standard InChI is InChI=1S/C22H25F5N4O3S/c1-5-14(22(25,26)27)29-15-7-11(3)13(9-28-15)17-16(30-18(35-17)20(33)34-6-2)19(32)31-10-21(23,24)8-12(31)4/h7,9,12,14H,5-6,8,10H2,1-4H3,(H,28,29)/t12-,14-/m0/s1. The maximum absolute atomic E-state index is 13.9. The molecule has 35 heavy (non-hydrogen) atoms. The van der Waals surface area contributed by atoms with Crippen molar-refractivity contribution in [3.8, 4) is 10.4 Å². The number of amides is 1. The summed E-state index contributed by atoms with van der Waals surface area (Å²) >= 11 is 0.831. The molecule has 0 unspecified atom stereocenters. The molecule has 3 rings (SSSR count). The molecule has 1 saturated heterocycles. The summed E-state index contributed by atoms with van der Waals surface area (Å²) in [6.45, 7) is 5.36. The Morgan fingerprint density at radius 2 is 2.03 bits per heavy atom. The number of pyridine rings is 1. The van der Waals surface area contributed by atoms with Gasteiger partial charge in [-0.3, -0.25) is 4.79 Å². The molecular formula is C22H25F5N4O3S. The number of halogens is 5. The van der Waals surface area contributed by atoms with Gasteiger partial charge >= 0.3 is 12.1 Å². The largest absolute Gasteiger partial charge is 0.461 e. The van der Waals surface area contributed by atoms with Crippen LogP contribution in [0.15, 0.2) is 12.3 Å². The molecule has 0 spiro atoms. The Labute approximate surface area is 202 Å². The van der Waals surface area contributed by atoms with Gasteiger partial charge in [0, 0.05) is 24.2 Å². The van der Waals surface area contributed by atoms with Crippen LogP contribution in [0.4, 0.5) is 27.8 Å². The summed E-state index contributed by atoms with van der Waals surface area (Å²) in [7, 11) is 0. The van der Waals surface area contributed by atoms with Crippen molar-refractivity contribution < 1.29 is 36.3 Å². The second kappa shape index (κ2) is 10.0. The van der Waals surface area contributed by atoms with E-state index in [0.29, 0.717) is 11.1 Å². The molecule has 0 bridgehead atoms. The van der Waals surface area contributed by atoms with E-state index in [-0.39, 0.29) is 34.4 Å². The molecule has 1 N–H and O–H groups in total. The van der Waals surface area contributed by atoms with Crippen LogP contribution in [0.5, 0.6) is 0 Å². The van der Waals surface area contributed by atoms with Crippen molar-refractivity contribution in [3.05, 3.63) is 28.5 Å². The molecule has 2 aromatic heterocycles. The molecule has 0 saturated carbocycles. The summed E-state index contributed by atoms with van der Waals surface area (Å²) in [5.41, 5.74) is 0.577. The van der Waals surface area contributed by atoms with Gasteiger partial charge in [-0.1, -0.05) is 6.92 Å². The third-order valence-electron chi connectivity index (χ3n) is 5.55. The molecule has 192 valence electrons. The predicted octanol–water partition coefficient (Wildman–Crippen LogP) is 5.31. The molecule has 2 aromatic rings. The van der Waals surface area contributed by atoms with Crippen LogP contribution in [0.25, 0.3) is 10.4 Å². The second-order valence-electron chi connectivity index (χ2n) is 8.29. The number of aromatic nitrogens is 2. The van der Waals surface area contributed by atoms with Crippen LogP contribution in [-0.4, -0.2) is 64.1 Å². The minimum atomic E-state index is -4.47. The van der Waals surface area contributed by atoms with Crippen molar-refractivity contribution >= 4 is 29.0 Å². The number of hydrogen-bond acceptors (Lipinski definition) is 7. The quantitative estimate of drug-likeness (QED) is 0.393. The maximum atomic E-state index is 13.9. The lowest BCUT2D eigenvalue weighted by atomic mass is 10.1. The van der Waals surface area contributed by atoms with Gasteiger partial charge in [-0.05, 0) is 38.8 Å². The molecule has 1 fully saturated rings. The molecule has 13 heteroatoms. The van der Waals surface area contributed by atoms with Crippen molar-refractivity contribution in [1.29, 1.82) is 0 Å². The van der Waals surface area contributed by atoms with Crippen molar-refractivity contribution in [3.63, 3.8) is 0 Å². The Morgan fingerprint density at radius 3 is 2.54 bits per heavy atom. The number of carbonyl (C=O) groups is 2. The van der Waals surface area contributed by atoms with Gasteiger partial charge in [0.25, 0.3) is 11.8 Å². The van der Waals surface area contributed by atoms with Gasteiger partial charge in [-0.25, -0.2) is 23.5 Å². The highest BCUT2D eigenvalue weighted by molar-refractivity contribution is 7.17. The number of thiazole rings is 1. The minimum absolute atomic E-state index is 0.0220. The fourth-order valence-corrected chi connectivity index (χ4v) is 4.84. The molecule has 1 amide bonds. The number of ether oxygens (including phenoxy) is 1. The van der Waals surface area contributed by atoms with Gasteiger partial charge in [0.1, 0.15) is 17.6 Å². The predicted molar refractivity (Wildman–Crippen MR) is 120 cm³/mol. The van der Waals surface area contributed by atoms with E-state index in [1.165, 1.54) is 26.1 Å². The first-order valence-electron chi connectivity index (χ1n) is 10.9. The van der Waals surface area contributed by atoms with Crippen molar-refractivity contribution in [2.24, 2.45) is 0 Å². The van der Waals surface area contributed by atoms with Crippen LogP contribution in [0, 0.1) is 6.92 Å². The average Bonchev–Trinajstić information content (AvgIpc) is 3.31. The molecule has 2 atom stereocenters. The Kier molecular flexibility index (Phi) is 7.68. The first kappa shape index (κ1) is 26.8. The molecule has 7 nitrogen and oxygen atoms in total. The van der Waals surface area contributed by atoms with Crippen molar-refractivity contribution in [2.45, 2.75) is 64.7 Å².